The molecule has 1 fully saturated rings. The molecule has 0 saturated carbocycles. The summed E-state index contributed by atoms with van der Waals surface area (Å²) >= 11 is 1.71. The predicted molar refractivity (Wildman–Crippen MR) is 79.2 cm³/mol. The largest absolute Gasteiger partial charge is 0.481 e. The van der Waals surface area contributed by atoms with Crippen molar-refractivity contribution in [2.24, 2.45) is 0 Å². The smallest absolute Gasteiger partial charge is 0.305 e. The third-order valence-corrected chi connectivity index (χ3v) is 4.54. The second-order valence-electron chi connectivity index (χ2n) is 5.22. The molecule has 1 amide bonds. The second kappa shape index (κ2) is 6.35. The van der Waals surface area contributed by atoms with Crippen molar-refractivity contribution in [3.63, 3.8) is 0 Å². The van der Waals surface area contributed by atoms with E-state index in [4.69, 9.17) is 5.11 Å². The lowest BCUT2D eigenvalue weighted by Gasteiger charge is -2.35. The van der Waals surface area contributed by atoms with Gasteiger partial charge in [-0.3, -0.25) is 9.59 Å². The molecule has 0 aromatic carbocycles. The number of carbonyl (C=O) groups excluding carboxylic acids is 1. The first kappa shape index (κ1) is 15.0. The SMILES string of the molecule is CC(C)n1cccc1C(=O)N1CCSCC1CC(=O)O. The minimum Gasteiger partial charge on any atom is -0.481 e. The lowest BCUT2D eigenvalue weighted by atomic mass is 10.1. The van der Waals surface area contributed by atoms with Gasteiger partial charge in [-0.05, 0) is 26.0 Å². The Bertz CT molecular complexity index is 498. The monoisotopic (exact) mass is 296 g/mol. The molecule has 1 N–H and O–H groups in total. The number of hydrogen-bond acceptors (Lipinski definition) is 3. The number of hydrogen-bond donors (Lipinski definition) is 1. The molecular weight excluding hydrogens is 276 g/mol. The van der Waals surface area contributed by atoms with Crippen LogP contribution in [0.25, 0.3) is 0 Å². The number of rotatable bonds is 4. The number of aromatic nitrogens is 1. The molecular formula is C14H20N2O3S. The molecule has 1 saturated heterocycles. The van der Waals surface area contributed by atoms with E-state index in [1.165, 1.54) is 0 Å². The van der Waals surface area contributed by atoms with Crippen LogP contribution in [-0.4, -0.2) is 50.5 Å². The third-order valence-electron chi connectivity index (χ3n) is 3.45. The average Bonchev–Trinajstić information content (AvgIpc) is 2.87. The Labute approximate surface area is 122 Å². The quantitative estimate of drug-likeness (QED) is 0.924. The summed E-state index contributed by atoms with van der Waals surface area (Å²) in [5, 5.41) is 8.99. The molecule has 0 radical (unpaired) electrons. The van der Waals surface area contributed by atoms with Crippen molar-refractivity contribution in [1.29, 1.82) is 0 Å². The third kappa shape index (κ3) is 3.17. The Kier molecular flexibility index (Phi) is 4.75. The number of nitrogens with zero attached hydrogens (tertiary/aromatic N) is 2. The Morgan fingerprint density at radius 3 is 2.90 bits per heavy atom. The Hall–Kier alpha value is -1.43. The maximum atomic E-state index is 12.7. The molecule has 5 nitrogen and oxygen atoms in total. The van der Waals surface area contributed by atoms with Gasteiger partial charge >= 0.3 is 5.97 Å². The molecule has 110 valence electrons. The van der Waals surface area contributed by atoms with Crippen LogP contribution in [-0.2, 0) is 4.79 Å². The van der Waals surface area contributed by atoms with Gasteiger partial charge in [0.1, 0.15) is 5.69 Å². The molecule has 0 bridgehead atoms. The van der Waals surface area contributed by atoms with E-state index in [0.717, 1.165) is 5.75 Å². The molecule has 1 aromatic rings. The minimum atomic E-state index is -0.852. The van der Waals surface area contributed by atoms with Crippen molar-refractivity contribution in [3.05, 3.63) is 24.0 Å². The van der Waals surface area contributed by atoms with E-state index in [0.29, 0.717) is 18.0 Å². The molecule has 1 unspecified atom stereocenters. The van der Waals surface area contributed by atoms with Crippen LogP contribution in [0.3, 0.4) is 0 Å². The zero-order chi connectivity index (χ0) is 14.7. The van der Waals surface area contributed by atoms with Gasteiger partial charge in [-0.15, -0.1) is 0 Å². The van der Waals surface area contributed by atoms with E-state index in [2.05, 4.69) is 0 Å². The summed E-state index contributed by atoms with van der Waals surface area (Å²) in [4.78, 5) is 25.3. The second-order valence-corrected chi connectivity index (χ2v) is 6.37. The van der Waals surface area contributed by atoms with E-state index in [1.54, 1.807) is 16.7 Å². The topological polar surface area (TPSA) is 62.5 Å². The maximum Gasteiger partial charge on any atom is 0.305 e. The van der Waals surface area contributed by atoms with Crippen LogP contribution in [0.15, 0.2) is 18.3 Å². The summed E-state index contributed by atoms with van der Waals surface area (Å²) in [5.41, 5.74) is 0.641. The zero-order valence-electron chi connectivity index (χ0n) is 11.8. The number of carboxylic acids is 1. The van der Waals surface area contributed by atoms with E-state index >= 15 is 0 Å². The maximum absolute atomic E-state index is 12.7. The van der Waals surface area contributed by atoms with Crippen molar-refractivity contribution in [2.75, 3.05) is 18.1 Å². The Balaban J connectivity index is 2.21. The van der Waals surface area contributed by atoms with Crippen molar-refractivity contribution in [2.45, 2.75) is 32.4 Å². The highest BCUT2D eigenvalue weighted by Crippen LogP contribution is 2.22. The highest BCUT2D eigenvalue weighted by molar-refractivity contribution is 7.99. The van der Waals surface area contributed by atoms with Crippen LogP contribution in [0, 0.1) is 0 Å². The van der Waals surface area contributed by atoms with Gasteiger partial charge in [0, 0.05) is 30.3 Å². The molecule has 2 heterocycles. The highest BCUT2D eigenvalue weighted by atomic mass is 32.2. The fraction of sp³-hybridized carbons (Fsp3) is 0.571. The van der Waals surface area contributed by atoms with Crippen LogP contribution in [0.5, 0.6) is 0 Å². The lowest BCUT2D eigenvalue weighted by molar-refractivity contribution is -0.138. The lowest BCUT2D eigenvalue weighted by Crippen LogP contribution is -2.47. The summed E-state index contributed by atoms with van der Waals surface area (Å²) in [6, 6.07) is 3.66. The number of thioether (sulfide) groups is 1. The van der Waals surface area contributed by atoms with Crippen LogP contribution < -0.4 is 0 Å². The van der Waals surface area contributed by atoms with Gasteiger partial charge in [0.25, 0.3) is 5.91 Å². The minimum absolute atomic E-state index is 0.0150. The van der Waals surface area contributed by atoms with Crippen LogP contribution in [0.2, 0.25) is 0 Å². The first-order valence-corrected chi connectivity index (χ1v) is 7.93. The van der Waals surface area contributed by atoms with E-state index in [9.17, 15) is 9.59 Å². The zero-order valence-corrected chi connectivity index (χ0v) is 12.6. The molecule has 6 heteroatoms. The van der Waals surface area contributed by atoms with Gasteiger partial charge in [-0.2, -0.15) is 11.8 Å². The fourth-order valence-electron chi connectivity index (χ4n) is 2.47. The van der Waals surface area contributed by atoms with Gasteiger partial charge < -0.3 is 14.6 Å². The van der Waals surface area contributed by atoms with Crippen molar-refractivity contribution in [3.8, 4) is 0 Å². The van der Waals surface area contributed by atoms with Crippen molar-refractivity contribution in [1.82, 2.24) is 9.47 Å². The predicted octanol–water partition coefficient (Wildman–Crippen LogP) is 2.10. The van der Waals surface area contributed by atoms with Gasteiger partial charge in [-0.1, -0.05) is 0 Å². The summed E-state index contributed by atoms with van der Waals surface area (Å²) in [6.45, 7) is 4.67. The highest BCUT2D eigenvalue weighted by Gasteiger charge is 2.30. The fourth-order valence-corrected chi connectivity index (χ4v) is 3.53. The molecule has 1 aliphatic heterocycles. The molecule has 1 atom stereocenters. The normalized spacial score (nSPS) is 19.4. The summed E-state index contributed by atoms with van der Waals surface area (Å²) in [6.07, 6.45) is 1.91. The number of carboxylic acid groups (broad SMARTS) is 1. The van der Waals surface area contributed by atoms with Crippen LogP contribution >= 0.6 is 11.8 Å². The molecule has 20 heavy (non-hydrogen) atoms. The van der Waals surface area contributed by atoms with Crippen LogP contribution in [0.4, 0.5) is 0 Å². The van der Waals surface area contributed by atoms with Crippen molar-refractivity contribution >= 4 is 23.6 Å². The van der Waals surface area contributed by atoms with Gasteiger partial charge in [0.05, 0.1) is 12.5 Å². The summed E-state index contributed by atoms with van der Waals surface area (Å²) in [7, 11) is 0. The van der Waals surface area contributed by atoms with E-state index < -0.39 is 5.97 Å². The molecule has 2 rings (SSSR count). The van der Waals surface area contributed by atoms with Gasteiger partial charge in [0.15, 0.2) is 0 Å². The Morgan fingerprint density at radius 2 is 2.25 bits per heavy atom. The van der Waals surface area contributed by atoms with E-state index in [-0.39, 0.29) is 24.4 Å². The van der Waals surface area contributed by atoms with E-state index in [1.807, 2.05) is 36.7 Å². The first-order valence-electron chi connectivity index (χ1n) is 6.78. The summed E-state index contributed by atoms with van der Waals surface area (Å²) in [5.74, 6) is 0.648. The number of aliphatic carboxylic acids is 1. The number of amides is 1. The molecule has 0 aliphatic carbocycles. The average molecular weight is 296 g/mol. The Morgan fingerprint density at radius 1 is 1.50 bits per heavy atom. The van der Waals surface area contributed by atoms with Crippen molar-refractivity contribution < 1.29 is 14.7 Å². The first-order chi connectivity index (χ1) is 9.50. The molecule has 1 aliphatic rings. The van der Waals surface area contributed by atoms with Gasteiger partial charge in [0.2, 0.25) is 0 Å². The number of carbonyl (C=O) groups is 2. The summed E-state index contributed by atoms with van der Waals surface area (Å²) < 4.78 is 1.93. The van der Waals surface area contributed by atoms with Crippen LogP contribution in [0.1, 0.15) is 36.8 Å². The molecule has 0 spiro atoms. The molecule has 1 aromatic heterocycles. The standard InChI is InChI=1S/C14H20N2O3S/c1-10(2)15-5-3-4-12(15)14(19)16-6-7-20-9-11(16)8-13(17)18/h3-5,10-11H,6-9H2,1-2H3,(H,17,18). The van der Waals surface area contributed by atoms with Gasteiger partial charge in [-0.25, -0.2) is 0 Å².